The molecular weight excluding hydrogens is 499 g/mol. The average Bonchev–Trinajstić information content (AvgIpc) is 3.40. The first kappa shape index (κ1) is 26.1. The molecule has 2 aromatic heterocycles. The van der Waals surface area contributed by atoms with Crippen molar-refractivity contribution in [3.05, 3.63) is 47.5 Å². The van der Waals surface area contributed by atoms with Gasteiger partial charge in [0.25, 0.3) is 5.91 Å². The number of halogens is 1. The number of hydrogen-bond acceptors (Lipinski definition) is 8. The fourth-order valence-corrected chi connectivity index (χ4v) is 6.28. The molecule has 4 heterocycles. The van der Waals surface area contributed by atoms with Crippen molar-refractivity contribution in [2.45, 2.75) is 56.9 Å². The fraction of sp³-hybridized carbons (Fsp3) is 0.586. The van der Waals surface area contributed by atoms with Crippen molar-refractivity contribution in [2.75, 3.05) is 50.8 Å². The van der Waals surface area contributed by atoms with Crippen molar-refractivity contribution in [2.24, 2.45) is 5.92 Å². The minimum Gasteiger partial charge on any atom is -0.378 e. The van der Waals surface area contributed by atoms with Crippen molar-refractivity contribution < 1.29 is 18.4 Å². The van der Waals surface area contributed by atoms with Crippen molar-refractivity contribution in [1.29, 1.82) is 0 Å². The Hall–Kier alpha value is -3.11. The quantitative estimate of drug-likeness (QED) is 0.481. The lowest BCUT2D eigenvalue weighted by Crippen LogP contribution is -2.39. The molecule has 1 N–H and O–H groups in total. The number of amides is 1. The third kappa shape index (κ3) is 6.22. The number of hydrogen-bond donors (Lipinski definition) is 1. The summed E-state index contributed by atoms with van der Waals surface area (Å²) in [5.41, 5.74) is 1.89. The Bertz CT molecular complexity index is 1250. The maximum Gasteiger partial charge on any atom is 0.272 e. The molecule has 0 unspecified atom stereocenters. The summed E-state index contributed by atoms with van der Waals surface area (Å²) >= 11 is 0. The Morgan fingerprint density at radius 1 is 0.974 bits per heavy atom. The van der Waals surface area contributed by atoms with E-state index in [4.69, 9.17) is 9.26 Å². The number of fused-ring (bicyclic) bond motifs is 1. The number of nitrogens with one attached hydrogen (secondary N) is 1. The molecule has 3 fully saturated rings. The summed E-state index contributed by atoms with van der Waals surface area (Å²) < 4.78 is 24.2. The van der Waals surface area contributed by atoms with Gasteiger partial charge < -0.3 is 24.4 Å². The van der Waals surface area contributed by atoms with E-state index in [1.807, 2.05) is 6.07 Å². The van der Waals surface area contributed by atoms with E-state index >= 15 is 0 Å². The van der Waals surface area contributed by atoms with Crippen LogP contribution in [0, 0.1) is 11.7 Å². The highest BCUT2D eigenvalue weighted by molar-refractivity contribution is 5.92. The highest BCUT2D eigenvalue weighted by Gasteiger charge is 2.27. The van der Waals surface area contributed by atoms with Crippen LogP contribution in [0.1, 0.15) is 67.0 Å². The first-order chi connectivity index (χ1) is 19.1. The van der Waals surface area contributed by atoms with E-state index in [-0.39, 0.29) is 17.8 Å². The second kappa shape index (κ2) is 12.0. The third-order valence-electron chi connectivity index (χ3n) is 8.69. The summed E-state index contributed by atoms with van der Waals surface area (Å²) in [5.74, 6) is 1.44. The molecular formula is C29H37FN6O3. The van der Waals surface area contributed by atoms with Gasteiger partial charge in [-0.3, -0.25) is 4.79 Å². The molecule has 1 saturated carbocycles. The van der Waals surface area contributed by atoms with Crippen molar-refractivity contribution in [3.63, 3.8) is 0 Å². The van der Waals surface area contributed by atoms with Gasteiger partial charge in [-0.15, -0.1) is 10.2 Å². The van der Waals surface area contributed by atoms with E-state index in [0.29, 0.717) is 36.3 Å². The zero-order valence-corrected chi connectivity index (χ0v) is 22.4. The van der Waals surface area contributed by atoms with Crippen LogP contribution in [0.5, 0.6) is 0 Å². The van der Waals surface area contributed by atoms with Gasteiger partial charge in [0.05, 0.1) is 18.9 Å². The molecule has 1 amide bonds. The van der Waals surface area contributed by atoms with E-state index in [9.17, 15) is 9.18 Å². The minimum absolute atomic E-state index is 0.132. The predicted molar refractivity (Wildman–Crippen MR) is 145 cm³/mol. The molecule has 3 aliphatic rings. The van der Waals surface area contributed by atoms with Crippen LogP contribution in [0.15, 0.2) is 34.9 Å². The maximum atomic E-state index is 13.5. The van der Waals surface area contributed by atoms with Gasteiger partial charge in [-0.05, 0) is 94.8 Å². The zero-order valence-electron chi connectivity index (χ0n) is 22.4. The number of piperidine rings is 1. The summed E-state index contributed by atoms with van der Waals surface area (Å²) in [6, 6.07) is 8.54. The van der Waals surface area contributed by atoms with Crippen LogP contribution in [0.25, 0.3) is 11.0 Å². The number of benzene rings is 1. The highest BCUT2D eigenvalue weighted by atomic mass is 19.1. The Morgan fingerprint density at radius 3 is 2.51 bits per heavy atom. The molecule has 1 aliphatic carbocycles. The lowest BCUT2D eigenvalue weighted by molar-refractivity contribution is 0.0913. The summed E-state index contributed by atoms with van der Waals surface area (Å²) in [6.07, 6.45) is 7.61. The van der Waals surface area contributed by atoms with Crippen LogP contribution >= 0.6 is 0 Å². The Labute approximate surface area is 228 Å². The fourth-order valence-electron chi connectivity index (χ4n) is 6.28. The molecule has 10 heteroatoms. The maximum absolute atomic E-state index is 13.5. The SMILES string of the molecule is O=C(N[C@H]1CC[C@H](CCN2CCC(c3noc4cc(F)ccc34)CC2)CC1)c1ccc(N2CCOCC2)nn1. The van der Waals surface area contributed by atoms with E-state index < -0.39 is 0 Å². The van der Waals surface area contributed by atoms with E-state index in [2.05, 4.69) is 30.5 Å². The van der Waals surface area contributed by atoms with Crippen LogP contribution in [0.3, 0.4) is 0 Å². The second-order valence-corrected chi connectivity index (χ2v) is 11.2. The minimum atomic E-state index is -0.292. The van der Waals surface area contributed by atoms with Crippen LogP contribution in [0.2, 0.25) is 0 Å². The topological polar surface area (TPSA) is 96.6 Å². The molecule has 0 atom stereocenters. The smallest absolute Gasteiger partial charge is 0.272 e. The molecule has 39 heavy (non-hydrogen) atoms. The predicted octanol–water partition coefficient (Wildman–Crippen LogP) is 4.15. The van der Waals surface area contributed by atoms with Gasteiger partial charge in [0.1, 0.15) is 5.82 Å². The third-order valence-corrected chi connectivity index (χ3v) is 8.69. The van der Waals surface area contributed by atoms with Crippen molar-refractivity contribution in [3.8, 4) is 0 Å². The molecule has 208 valence electrons. The Kier molecular flexibility index (Phi) is 8.01. The van der Waals surface area contributed by atoms with Crippen molar-refractivity contribution >= 4 is 22.7 Å². The molecule has 9 nitrogen and oxygen atoms in total. The van der Waals surface area contributed by atoms with Gasteiger partial charge in [0, 0.05) is 36.5 Å². The molecule has 0 bridgehead atoms. The van der Waals surface area contributed by atoms with Gasteiger partial charge >= 0.3 is 0 Å². The molecule has 2 aliphatic heterocycles. The summed E-state index contributed by atoms with van der Waals surface area (Å²) in [7, 11) is 0. The molecule has 1 aromatic carbocycles. The van der Waals surface area contributed by atoms with E-state index in [0.717, 1.165) is 88.1 Å². The van der Waals surface area contributed by atoms with Gasteiger partial charge in [0.2, 0.25) is 0 Å². The molecule has 2 saturated heterocycles. The number of carbonyl (C=O) groups is 1. The number of nitrogens with zero attached hydrogens (tertiary/aromatic N) is 5. The lowest BCUT2D eigenvalue weighted by atomic mass is 9.83. The zero-order chi connectivity index (χ0) is 26.6. The first-order valence-electron chi connectivity index (χ1n) is 14.4. The number of rotatable bonds is 7. The van der Waals surface area contributed by atoms with E-state index in [1.54, 1.807) is 12.1 Å². The monoisotopic (exact) mass is 536 g/mol. The average molecular weight is 537 g/mol. The summed E-state index contributed by atoms with van der Waals surface area (Å²) in [5, 5.41) is 16.8. The number of ether oxygens (including phenoxy) is 1. The number of aromatic nitrogens is 3. The van der Waals surface area contributed by atoms with Gasteiger partial charge in [-0.25, -0.2) is 4.39 Å². The summed E-state index contributed by atoms with van der Waals surface area (Å²) in [4.78, 5) is 17.4. The number of morpholine rings is 1. The largest absolute Gasteiger partial charge is 0.378 e. The number of likely N-dealkylation sites (tertiary alicyclic amines) is 1. The molecule has 6 rings (SSSR count). The standard InChI is InChI=1S/C29H37FN6O3/c30-22-3-6-24-26(19-22)39-34-28(24)21-10-13-35(14-11-21)12-9-20-1-4-23(5-2-20)31-29(37)25-7-8-27(33-32-25)36-15-17-38-18-16-36/h3,6-8,19-21,23H,1-2,4-5,9-18H2,(H,31,37)/t20-,23-. The number of anilines is 1. The molecule has 3 aromatic rings. The second-order valence-electron chi connectivity index (χ2n) is 11.2. The highest BCUT2D eigenvalue weighted by Crippen LogP contribution is 2.33. The van der Waals surface area contributed by atoms with Crippen LogP contribution < -0.4 is 10.2 Å². The molecule has 0 radical (unpaired) electrons. The lowest BCUT2D eigenvalue weighted by Gasteiger charge is -2.34. The summed E-state index contributed by atoms with van der Waals surface area (Å²) in [6.45, 7) is 6.20. The number of carbonyl (C=O) groups excluding carboxylic acids is 1. The van der Waals surface area contributed by atoms with Gasteiger partial charge in [0.15, 0.2) is 17.1 Å². The Balaban J connectivity index is 0.903. The van der Waals surface area contributed by atoms with Crippen LogP contribution in [0.4, 0.5) is 10.2 Å². The first-order valence-corrected chi connectivity index (χ1v) is 14.4. The Morgan fingerprint density at radius 2 is 1.77 bits per heavy atom. The van der Waals surface area contributed by atoms with Crippen LogP contribution in [-0.2, 0) is 4.74 Å². The normalized spacial score (nSPS) is 23.3. The van der Waals surface area contributed by atoms with Crippen molar-refractivity contribution in [1.82, 2.24) is 25.6 Å². The van der Waals surface area contributed by atoms with E-state index in [1.165, 1.54) is 18.6 Å². The molecule has 0 spiro atoms. The van der Waals surface area contributed by atoms with Gasteiger partial charge in [-0.1, -0.05) is 5.16 Å². The van der Waals surface area contributed by atoms with Crippen LogP contribution in [-0.4, -0.2) is 78.1 Å². The van der Waals surface area contributed by atoms with Gasteiger partial charge in [-0.2, -0.15) is 0 Å².